The van der Waals surface area contributed by atoms with Crippen molar-refractivity contribution < 1.29 is 8.42 Å². The Morgan fingerprint density at radius 1 is 1.20 bits per heavy atom. The fourth-order valence-electron chi connectivity index (χ4n) is 0.605. The van der Waals surface area contributed by atoms with Crippen molar-refractivity contribution in [1.29, 1.82) is 0 Å². The average Bonchev–Trinajstić information content (AvgIpc) is 1.21. The first-order chi connectivity index (χ1) is 3.42. The molecule has 3 heteroatoms. The summed E-state index contributed by atoms with van der Waals surface area (Å²) < 4.78 is 20.9. The van der Waals surface area contributed by atoms with Gasteiger partial charge < -0.3 is 0 Å². The number of sulfone groups is 1. The van der Waals surface area contributed by atoms with E-state index >= 15 is 0 Å². The summed E-state index contributed by atoms with van der Waals surface area (Å²) >= 11 is 0. The lowest BCUT2D eigenvalue weighted by Gasteiger charge is -1.98. The summed E-state index contributed by atoms with van der Waals surface area (Å²) in [6.07, 6.45) is 1.26. The lowest BCUT2D eigenvalue weighted by molar-refractivity contribution is 0.588. The lowest BCUT2D eigenvalue weighted by atomic mass is 10.3. The van der Waals surface area contributed by atoms with Crippen molar-refractivity contribution in [1.82, 2.24) is 0 Å². The standard InChI is InChI=1S/C5H12O2S.2CH4/c1-5(2)4-8(3,6)7;;/h5H,4H2,1-3H3;2*1H4. The number of hydrogen-bond donors (Lipinski definition) is 0. The molecule has 0 aliphatic heterocycles. The van der Waals surface area contributed by atoms with Crippen LogP contribution in [0.15, 0.2) is 0 Å². The van der Waals surface area contributed by atoms with Gasteiger partial charge >= 0.3 is 0 Å². The molecule has 0 saturated heterocycles. The van der Waals surface area contributed by atoms with E-state index in [1.807, 2.05) is 13.8 Å². The largest absolute Gasteiger partial charge is 0.229 e. The molecular weight excluding hydrogens is 148 g/mol. The highest BCUT2D eigenvalue weighted by molar-refractivity contribution is 7.90. The van der Waals surface area contributed by atoms with Crippen molar-refractivity contribution in [3.8, 4) is 0 Å². The topological polar surface area (TPSA) is 34.1 Å². The van der Waals surface area contributed by atoms with Crippen molar-refractivity contribution in [3.05, 3.63) is 0 Å². The van der Waals surface area contributed by atoms with Gasteiger partial charge in [-0.15, -0.1) is 0 Å². The first-order valence-electron chi connectivity index (χ1n) is 2.59. The fourth-order valence-corrected chi connectivity index (χ4v) is 1.82. The van der Waals surface area contributed by atoms with E-state index in [4.69, 9.17) is 0 Å². The normalized spacial score (nSPS) is 10.0. The van der Waals surface area contributed by atoms with Crippen molar-refractivity contribution in [2.24, 2.45) is 5.92 Å². The molecule has 0 aromatic carbocycles. The van der Waals surface area contributed by atoms with Gasteiger partial charge in [-0.2, -0.15) is 0 Å². The molecule has 0 fully saturated rings. The van der Waals surface area contributed by atoms with Crippen molar-refractivity contribution in [2.45, 2.75) is 28.7 Å². The van der Waals surface area contributed by atoms with Crippen LogP contribution in [-0.4, -0.2) is 20.4 Å². The summed E-state index contributed by atoms with van der Waals surface area (Å²) in [5.74, 6) is 0.553. The average molecular weight is 168 g/mol. The molecule has 0 bridgehead atoms. The van der Waals surface area contributed by atoms with Crippen LogP contribution in [0, 0.1) is 5.92 Å². The smallest absolute Gasteiger partial charge is 0.147 e. The third kappa shape index (κ3) is 15.7. The maximum atomic E-state index is 10.4. The van der Waals surface area contributed by atoms with Crippen LogP contribution in [0.4, 0.5) is 0 Å². The molecule has 0 unspecified atom stereocenters. The molecule has 0 heterocycles. The maximum Gasteiger partial charge on any atom is 0.147 e. The first kappa shape index (κ1) is 16.5. The van der Waals surface area contributed by atoms with Gasteiger partial charge in [0.1, 0.15) is 9.84 Å². The Balaban J connectivity index is -0.000000245. The van der Waals surface area contributed by atoms with Crippen LogP contribution < -0.4 is 0 Å². The Bertz CT molecular complexity index is 145. The number of hydrogen-bond acceptors (Lipinski definition) is 2. The molecule has 10 heavy (non-hydrogen) atoms. The van der Waals surface area contributed by atoms with Gasteiger partial charge in [0, 0.05) is 6.26 Å². The second-order valence-corrected chi connectivity index (χ2v) is 4.67. The van der Waals surface area contributed by atoms with E-state index < -0.39 is 9.84 Å². The molecular formula is C7H20O2S. The third-order valence-corrected chi connectivity index (χ3v) is 1.91. The fraction of sp³-hybridized carbons (Fsp3) is 1.00. The zero-order chi connectivity index (χ0) is 6.78. The summed E-state index contributed by atoms with van der Waals surface area (Å²) in [7, 11) is -2.72. The van der Waals surface area contributed by atoms with Gasteiger partial charge in [0.05, 0.1) is 5.75 Å². The van der Waals surface area contributed by atoms with Gasteiger partial charge in [-0.05, 0) is 5.92 Å². The molecule has 0 aliphatic carbocycles. The van der Waals surface area contributed by atoms with Crippen LogP contribution in [0.1, 0.15) is 28.7 Å². The molecule has 0 rings (SSSR count). The molecule has 0 spiro atoms. The molecule has 0 aromatic rings. The SMILES string of the molecule is C.C.CC(C)CS(C)(=O)=O. The van der Waals surface area contributed by atoms with E-state index in [1.54, 1.807) is 0 Å². The van der Waals surface area contributed by atoms with E-state index in [-0.39, 0.29) is 20.8 Å². The highest BCUT2D eigenvalue weighted by Crippen LogP contribution is 1.95. The van der Waals surface area contributed by atoms with Crippen molar-refractivity contribution in [2.75, 3.05) is 12.0 Å². The summed E-state index contributed by atoms with van der Waals surface area (Å²) in [5, 5.41) is 0. The minimum absolute atomic E-state index is 0. The highest BCUT2D eigenvalue weighted by atomic mass is 32.2. The first-order valence-corrected chi connectivity index (χ1v) is 4.65. The predicted molar refractivity (Wildman–Crippen MR) is 48.0 cm³/mol. The van der Waals surface area contributed by atoms with Crippen molar-refractivity contribution >= 4 is 9.84 Å². The summed E-state index contributed by atoms with van der Waals surface area (Å²) in [6.45, 7) is 3.78. The van der Waals surface area contributed by atoms with Gasteiger partial charge in [-0.25, -0.2) is 8.42 Å². The second kappa shape index (κ2) is 5.71. The second-order valence-electron chi connectivity index (χ2n) is 2.49. The van der Waals surface area contributed by atoms with Crippen LogP contribution in [0.3, 0.4) is 0 Å². The van der Waals surface area contributed by atoms with Crippen LogP contribution in [-0.2, 0) is 9.84 Å². The van der Waals surface area contributed by atoms with Gasteiger partial charge in [0.15, 0.2) is 0 Å². The van der Waals surface area contributed by atoms with E-state index in [2.05, 4.69) is 0 Å². The zero-order valence-electron chi connectivity index (χ0n) is 5.51. The molecule has 0 N–H and O–H groups in total. The Kier molecular flexibility index (Phi) is 9.43. The summed E-state index contributed by atoms with van der Waals surface area (Å²) in [5.41, 5.74) is 0. The molecule has 2 nitrogen and oxygen atoms in total. The van der Waals surface area contributed by atoms with Crippen LogP contribution in [0.2, 0.25) is 0 Å². The van der Waals surface area contributed by atoms with Gasteiger partial charge in [-0.3, -0.25) is 0 Å². The molecule has 0 saturated carbocycles. The van der Waals surface area contributed by atoms with Crippen molar-refractivity contribution in [3.63, 3.8) is 0 Å². The van der Waals surface area contributed by atoms with E-state index in [0.717, 1.165) is 0 Å². The van der Waals surface area contributed by atoms with Gasteiger partial charge in [0.2, 0.25) is 0 Å². The Labute approximate surface area is 65.6 Å². The Hall–Kier alpha value is -0.0500. The minimum Gasteiger partial charge on any atom is -0.229 e. The van der Waals surface area contributed by atoms with E-state index in [0.29, 0.717) is 5.75 Å². The molecule has 66 valence electrons. The van der Waals surface area contributed by atoms with Crippen LogP contribution >= 0.6 is 0 Å². The van der Waals surface area contributed by atoms with Crippen LogP contribution in [0.5, 0.6) is 0 Å². The monoisotopic (exact) mass is 168 g/mol. The number of rotatable bonds is 2. The molecule has 0 radical (unpaired) electrons. The zero-order valence-corrected chi connectivity index (χ0v) is 6.33. The molecule has 0 aliphatic rings. The Morgan fingerprint density at radius 2 is 1.50 bits per heavy atom. The summed E-state index contributed by atoms with van der Waals surface area (Å²) in [6, 6.07) is 0. The minimum atomic E-state index is -2.72. The van der Waals surface area contributed by atoms with E-state index in [9.17, 15) is 8.42 Å². The highest BCUT2D eigenvalue weighted by Gasteiger charge is 2.03. The molecule has 0 aromatic heterocycles. The molecule has 0 atom stereocenters. The lowest BCUT2D eigenvalue weighted by Crippen LogP contribution is -2.08. The van der Waals surface area contributed by atoms with Gasteiger partial charge in [0.25, 0.3) is 0 Å². The predicted octanol–water partition coefficient (Wildman–Crippen LogP) is 1.96. The maximum absolute atomic E-state index is 10.4. The van der Waals surface area contributed by atoms with Crippen LogP contribution in [0.25, 0.3) is 0 Å². The third-order valence-electron chi connectivity index (χ3n) is 0.636. The summed E-state index contributed by atoms with van der Waals surface area (Å²) in [4.78, 5) is 0. The quantitative estimate of drug-likeness (QED) is 0.631. The Morgan fingerprint density at radius 3 is 1.50 bits per heavy atom. The van der Waals surface area contributed by atoms with E-state index in [1.165, 1.54) is 6.26 Å². The molecule has 0 amide bonds. The van der Waals surface area contributed by atoms with Gasteiger partial charge in [-0.1, -0.05) is 28.7 Å².